The Balaban J connectivity index is 3.06. The van der Waals surface area contributed by atoms with Crippen molar-refractivity contribution in [2.45, 2.75) is 65.7 Å². The molecule has 1 unspecified atom stereocenters. The van der Waals surface area contributed by atoms with Crippen LogP contribution in [0.15, 0.2) is 11.8 Å². The van der Waals surface area contributed by atoms with Crippen molar-refractivity contribution in [1.82, 2.24) is 9.80 Å². The maximum atomic E-state index is 12.6. The van der Waals surface area contributed by atoms with E-state index in [9.17, 15) is 14.4 Å². The monoisotopic (exact) mass is 399 g/mol. The second-order valence-electron chi connectivity index (χ2n) is 8.51. The third kappa shape index (κ3) is 7.66. The normalized spacial score (nSPS) is 18.5. The molecule has 0 saturated carbocycles. The van der Waals surface area contributed by atoms with Gasteiger partial charge in [0.25, 0.3) is 0 Å². The van der Waals surface area contributed by atoms with Gasteiger partial charge in [0.1, 0.15) is 11.2 Å². The number of piperazine rings is 1. The molecule has 0 spiro atoms. The molecule has 0 aromatic heterocycles. The van der Waals surface area contributed by atoms with Crippen LogP contribution in [0.5, 0.6) is 0 Å². The minimum atomic E-state index is -0.736. The molecule has 1 atom stereocenters. The molecule has 0 radical (unpaired) electrons. The lowest BCUT2D eigenvalue weighted by Crippen LogP contribution is -2.59. The lowest BCUT2D eigenvalue weighted by atomic mass is 10.1. The average molecular weight is 399 g/mol. The molecular formula is C19H33N3O6. The highest BCUT2D eigenvalue weighted by Gasteiger charge is 2.37. The quantitative estimate of drug-likeness (QED) is 0.440. The summed E-state index contributed by atoms with van der Waals surface area (Å²) in [6.45, 7) is 13.0. The number of carbonyl (C=O) groups is 3. The number of hydrogen-bond donors (Lipinski definition) is 1. The summed E-state index contributed by atoms with van der Waals surface area (Å²) in [6, 6.07) is -0.736. The Kier molecular flexibility index (Phi) is 7.72. The third-order valence-electron chi connectivity index (χ3n) is 3.62. The Morgan fingerprint density at radius 2 is 1.54 bits per heavy atom. The van der Waals surface area contributed by atoms with Gasteiger partial charge in [-0.1, -0.05) is 0 Å². The van der Waals surface area contributed by atoms with E-state index in [1.165, 1.54) is 9.80 Å². The minimum Gasteiger partial charge on any atom is -0.463 e. The van der Waals surface area contributed by atoms with Crippen LogP contribution in [0.3, 0.4) is 0 Å². The Bertz CT molecular complexity index is 618. The molecule has 1 rings (SSSR count). The molecule has 160 valence electrons. The van der Waals surface area contributed by atoms with Crippen molar-refractivity contribution in [2.75, 3.05) is 26.2 Å². The zero-order valence-corrected chi connectivity index (χ0v) is 17.9. The first-order valence-corrected chi connectivity index (χ1v) is 9.35. The van der Waals surface area contributed by atoms with E-state index >= 15 is 0 Å². The van der Waals surface area contributed by atoms with Crippen molar-refractivity contribution >= 4 is 18.2 Å². The first-order valence-electron chi connectivity index (χ1n) is 9.35. The third-order valence-corrected chi connectivity index (χ3v) is 3.62. The maximum absolute atomic E-state index is 12.6. The van der Waals surface area contributed by atoms with E-state index in [0.717, 1.165) is 6.08 Å². The van der Waals surface area contributed by atoms with E-state index < -0.39 is 35.4 Å². The number of nitrogens with two attached hydrogens (primary N) is 1. The van der Waals surface area contributed by atoms with Gasteiger partial charge in [0, 0.05) is 24.9 Å². The standard InChI is InChI=1S/C19H33N3O6/c1-8-26-15(23)11-13(20)14-12-21(16(24)27-18(2,3)4)9-10-22(14)17(25)28-19(5,6)7/h11,14H,8-10,12,20H2,1-7H3. The van der Waals surface area contributed by atoms with Crippen LogP contribution in [0.4, 0.5) is 9.59 Å². The van der Waals surface area contributed by atoms with E-state index in [1.54, 1.807) is 48.5 Å². The summed E-state index contributed by atoms with van der Waals surface area (Å²) in [7, 11) is 0. The van der Waals surface area contributed by atoms with Crippen molar-refractivity contribution < 1.29 is 28.6 Å². The summed E-state index contributed by atoms with van der Waals surface area (Å²) in [6.07, 6.45) is 0.0521. The summed E-state index contributed by atoms with van der Waals surface area (Å²) in [5, 5.41) is 0. The van der Waals surface area contributed by atoms with E-state index in [1.807, 2.05) is 0 Å². The molecule has 28 heavy (non-hydrogen) atoms. The summed E-state index contributed by atoms with van der Waals surface area (Å²) < 4.78 is 15.7. The van der Waals surface area contributed by atoms with Crippen LogP contribution in [-0.4, -0.2) is 71.4 Å². The van der Waals surface area contributed by atoms with Crippen molar-refractivity contribution in [3.8, 4) is 0 Å². The Labute approximate surface area is 166 Å². The van der Waals surface area contributed by atoms with Gasteiger partial charge >= 0.3 is 18.2 Å². The van der Waals surface area contributed by atoms with E-state index in [-0.39, 0.29) is 31.9 Å². The molecule has 1 saturated heterocycles. The largest absolute Gasteiger partial charge is 0.463 e. The lowest BCUT2D eigenvalue weighted by molar-refractivity contribution is -0.137. The van der Waals surface area contributed by atoms with E-state index in [4.69, 9.17) is 19.9 Å². The SMILES string of the molecule is CCOC(=O)C=C(N)C1CN(C(=O)OC(C)(C)C)CCN1C(=O)OC(C)(C)C. The van der Waals surface area contributed by atoms with Crippen LogP contribution in [0.1, 0.15) is 48.5 Å². The molecule has 1 fully saturated rings. The van der Waals surface area contributed by atoms with E-state index in [2.05, 4.69) is 0 Å². The van der Waals surface area contributed by atoms with Crippen molar-refractivity contribution in [1.29, 1.82) is 0 Å². The number of esters is 1. The van der Waals surface area contributed by atoms with Gasteiger partial charge in [0.05, 0.1) is 19.2 Å². The number of amides is 2. The number of rotatable bonds is 3. The second-order valence-corrected chi connectivity index (χ2v) is 8.51. The smallest absolute Gasteiger partial charge is 0.410 e. The number of ether oxygens (including phenoxy) is 3. The molecular weight excluding hydrogens is 366 g/mol. The predicted octanol–water partition coefficient (Wildman–Crippen LogP) is 2.25. The zero-order valence-electron chi connectivity index (χ0n) is 17.9. The molecule has 1 heterocycles. The van der Waals surface area contributed by atoms with Crippen molar-refractivity contribution in [3.63, 3.8) is 0 Å². The van der Waals surface area contributed by atoms with Crippen LogP contribution in [0, 0.1) is 0 Å². The molecule has 0 aromatic carbocycles. The fourth-order valence-electron chi connectivity index (χ4n) is 2.52. The summed E-state index contributed by atoms with van der Waals surface area (Å²) >= 11 is 0. The highest BCUT2D eigenvalue weighted by atomic mass is 16.6. The molecule has 0 aromatic rings. The zero-order chi connectivity index (χ0) is 21.7. The topological polar surface area (TPSA) is 111 Å². The van der Waals surface area contributed by atoms with Crippen molar-refractivity contribution in [3.05, 3.63) is 11.8 Å². The molecule has 0 aliphatic carbocycles. The van der Waals surface area contributed by atoms with Gasteiger partial charge in [-0.25, -0.2) is 14.4 Å². The Morgan fingerprint density at radius 1 is 1.00 bits per heavy atom. The van der Waals surface area contributed by atoms with Gasteiger partial charge < -0.3 is 24.8 Å². The average Bonchev–Trinajstić information content (AvgIpc) is 2.51. The summed E-state index contributed by atoms with van der Waals surface area (Å²) in [4.78, 5) is 39.7. The second kappa shape index (κ2) is 9.16. The molecule has 0 bridgehead atoms. The molecule has 9 nitrogen and oxygen atoms in total. The highest BCUT2D eigenvalue weighted by molar-refractivity contribution is 5.83. The van der Waals surface area contributed by atoms with E-state index in [0.29, 0.717) is 0 Å². The van der Waals surface area contributed by atoms with Gasteiger partial charge in [-0.05, 0) is 48.5 Å². The van der Waals surface area contributed by atoms with Crippen LogP contribution in [0.2, 0.25) is 0 Å². The van der Waals surface area contributed by atoms with Gasteiger partial charge in [-0.2, -0.15) is 0 Å². The van der Waals surface area contributed by atoms with Gasteiger partial charge in [0.15, 0.2) is 0 Å². The number of nitrogens with zero attached hydrogens (tertiary/aromatic N) is 2. The van der Waals surface area contributed by atoms with Crippen LogP contribution in [0.25, 0.3) is 0 Å². The predicted molar refractivity (Wildman–Crippen MR) is 103 cm³/mol. The van der Waals surface area contributed by atoms with Gasteiger partial charge in [-0.15, -0.1) is 0 Å². The van der Waals surface area contributed by atoms with Gasteiger partial charge in [-0.3, -0.25) is 4.90 Å². The van der Waals surface area contributed by atoms with Crippen LogP contribution >= 0.6 is 0 Å². The Hall–Kier alpha value is -2.45. The number of carbonyl (C=O) groups excluding carboxylic acids is 3. The molecule has 2 amide bonds. The first kappa shape index (κ1) is 23.6. The van der Waals surface area contributed by atoms with Crippen LogP contribution < -0.4 is 5.73 Å². The lowest BCUT2D eigenvalue weighted by Gasteiger charge is -2.41. The van der Waals surface area contributed by atoms with Gasteiger partial charge in [0.2, 0.25) is 0 Å². The number of hydrogen-bond acceptors (Lipinski definition) is 7. The fraction of sp³-hybridized carbons (Fsp3) is 0.737. The maximum Gasteiger partial charge on any atom is 0.410 e. The molecule has 1 aliphatic heterocycles. The highest BCUT2D eigenvalue weighted by Crippen LogP contribution is 2.20. The van der Waals surface area contributed by atoms with Crippen LogP contribution in [-0.2, 0) is 19.0 Å². The molecule has 1 aliphatic rings. The Morgan fingerprint density at radius 3 is 2.04 bits per heavy atom. The minimum absolute atomic E-state index is 0.0793. The molecule has 9 heteroatoms. The summed E-state index contributed by atoms with van der Waals surface area (Å²) in [5.74, 6) is -0.612. The fourth-order valence-corrected chi connectivity index (χ4v) is 2.52. The summed E-state index contributed by atoms with van der Waals surface area (Å²) in [5.41, 5.74) is 4.86. The first-order chi connectivity index (χ1) is 12.7. The molecule has 2 N–H and O–H groups in total. The van der Waals surface area contributed by atoms with Crippen molar-refractivity contribution in [2.24, 2.45) is 5.73 Å².